The third-order valence-electron chi connectivity index (χ3n) is 2.39. The number of rotatable bonds is 4. The SMILES string of the molecule is Cc1cccc(NS(=O)(=O)c2ccc(C(=O)O)cn2)n1. The van der Waals surface area contributed by atoms with Crippen molar-refractivity contribution in [3.63, 3.8) is 0 Å². The second kappa shape index (κ2) is 5.25. The van der Waals surface area contributed by atoms with Crippen LogP contribution in [0, 0.1) is 6.92 Å². The molecule has 20 heavy (non-hydrogen) atoms. The Morgan fingerprint density at radius 1 is 1.25 bits per heavy atom. The zero-order chi connectivity index (χ0) is 14.8. The number of carboxylic acids is 1. The van der Waals surface area contributed by atoms with E-state index >= 15 is 0 Å². The van der Waals surface area contributed by atoms with E-state index < -0.39 is 16.0 Å². The van der Waals surface area contributed by atoms with Crippen molar-refractivity contribution in [2.75, 3.05) is 4.72 Å². The van der Waals surface area contributed by atoms with Crippen molar-refractivity contribution in [1.29, 1.82) is 0 Å². The molecule has 0 unspecified atom stereocenters. The third-order valence-corrected chi connectivity index (χ3v) is 3.66. The summed E-state index contributed by atoms with van der Waals surface area (Å²) in [6.45, 7) is 1.73. The van der Waals surface area contributed by atoms with Gasteiger partial charge >= 0.3 is 5.97 Å². The van der Waals surface area contributed by atoms with E-state index in [4.69, 9.17) is 5.11 Å². The number of aromatic nitrogens is 2. The predicted octanol–water partition coefficient (Wildman–Crippen LogP) is 1.28. The molecular formula is C12H11N3O4S. The Kier molecular flexibility index (Phi) is 3.66. The summed E-state index contributed by atoms with van der Waals surface area (Å²) in [5.41, 5.74) is 0.581. The van der Waals surface area contributed by atoms with Crippen LogP contribution in [0.4, 0.5) is 5.82 Å². The number of anilines is 1. The molecule has 0 aliphatic rings. The normalized spacial score (nSPS) is 11.1. The second-order valence-electron chi connectivity index (χ2n) is 3.96. The van der Waals surface area contributed by atoms with E-state index in [2.05, 4.69) is 14.7 Å². The third kappa shape index (κ3) is 3.09. The van der Waals surface area contributed by atoms with E-state index in [-0.39, 0.29) is 16.4 Å². The standard InChI is InChI=1S/C12H11N3O4S/c1-8-3-2-4-10(14-8)15-20(18,19)11-6-5-9(7-13-11)12(16)17/h2-7H,1H3,(H,14,15)(H,16,17). The van der Waals surface area contributed by atoms with Crippen LogP contribution in [-0.2, 0) is 10.0 Å². The van der Waals surface area contributed by atoms with Gasteiger partial charge in [-0.15, -0.1) is 0 Å². The van der Waals surface area contributed by atoms with E-state index in [9.17, 15) is 13.2 Å². The van der Waals surface area contributed by atoms with Gasteiger partial charge in [0.25, 0.3) is 10.0 Å². The van der Waals surface area contributed by atoms with Crippen molar-refractivity contribution in [2.45, 2.75) is 11.9 Å². The number of nitrogens with zero attached hydrogens (tertiary/aromatic N) is 2. The molecule has 2 aromatic rings. The Morgan fingerprint density at radius 3 is 2.55 bits per heavy atom. The van der Waals surface area contributed by atoms with Crippen molar-refractivity contribution in [1.82, 2.24) is 9.97 Å². The summed E-state index contributed by atoms with van der Waals surface area (Å²) in [7, 11) is -3.89. The summed E-state index contributed by atoms with van der Waals surface area (Å²) in [5.74, 6) is -0.996. The van der Waals surface area contributed by atoms with Crippen molar-refractivity contribution < 1.29 is 18.3 Å². The van der Waals surface area contributed by atoms with Gasteiger partial charge in [0.2, 0.25) is 0 Å². The molecule has 0 aliphatic heterocycles. The van der Waals surface area contributed by atoms with Gasteiger partial charge in [0, 0.05) is 11.9 Å². The minimum Gasteiger partial charge on any atom is -0.478 e. The molecule has 0 spiro atoms. The van der Waals surface area contributed by atoms with Crippen LogP contribution in [0.5, 0.6) is 0 Å². The molecule has 2 N–H and O–H groups in total. The Balaban J connectivity index is 2.28. The highest BCUT2D eigenvalue weighted by molar-refractivity contribution is 7.92. The van der Waals surface area contributed by atoms with Gasteiger partial charge in [-0.2, -0.15) is 8.42 Å². The molecule has 0 radical (unpaired) electrons. The van der Waals surface area contributed by atoms with Crippen LogP contribution in [0.25, 0.3) is 0 Å². The molecule has 0 fully saturated rings. The minimum absolute atomic E-state index is 0.0855. The number of carboxylic acid groups (broad SMARTS) is 1. The summed E-state index contributed by atoms with van der Waals surface area (Å²) in [6, 6.07) is 7.21. The number of carbonyl (C=O) groups is 1. The number of pyridine rings is 2. The highest BCUT2D eigenvalue weighted by Crippen LogP contribution is 2.13. The number of aromatic carboxylic acids is 1. The van der Waals surface area contributed by atoms with E-state index in [0.717, 1.165) is 12.3 Å². The van der Waals surface area contributed by atoms with Crippen LogP contribution in [0.15, 0.2) is 41.6 Å². The van der Waals surface area contributed by atoms with Gasteiger partial charge in [-0.3, -0.25) is 4.72 Å². The number of aryl methyl sites for hydroxylation is 1. The quantitative estimate of drug-likeness (QED) is 0.879. The van der Waals surface area contributed by atoms with Gasteiger partial charge in [-0.1, -0.05) is 6.07 Å². The molecule has 2 rings (SSSR count). The lowest BCUT2D eigenvalue weighted by molar-refractivity contribution is 0.0696. The molecule has 0 amide bonds. The number of hydrogen-bond acceptors (Lipinski definition) is 5. The minimum atomic E-state index is -3.89. The molecule has 0 aliphatic carbocycles. The van der Waals surface area contributed by atoms with Crippen LogP contribution >= 0.6 is 0 Å². The van der Waals surface area contributed by atoms with Gasteiger partial charge < -0.3 is 5.11 Å². The highest BCUT2D eigenvalue weighted by atomic mass is 32.2. The zero-order valence-electron chi connectivity index (χ0n) is 10.4. The van der Waals surface area contributed by atoms with E-state index in [0.29, 0.717) is 5.69 Å². The molecular weight excluding hydrogens is 282 g/mol. The first-order chi connectivity index (χ1) is 9.38. The number of nitrogens with one attached hydrogen (secondary N) is 1. The summed E-state index contributed by atoms with van der Waals surface area (Å²) < 4.78 is 26.3. The van der Waals surface area contributed by atoms with Crippen LogP contribution in [0.2, 0.25) is 0 Å². The lowest BCUT2D eigenvalue weighted by Crippen LogP contribution is -2.15. The van der Waals surface area contributed by atoms with Gasteiger partial charge in [0.15, 0.2) is 5.03 Å². The topological polar surface area (TPSA) is 109 Å². The largest absolute Gasteiger partial charge is 0.478 e. The Morgan fingerprint density at radius 2 is 2.00 bits per heavy atom. The molecule has 0 atom stereocenters. The molecule has 0 saturated heterocycles. The fraction of sp³-hybridized carbons (Fsp3) is 0.0833. The highest BCUT2D eigenvalue weighted by Gasteiger charge is 2.17. The average molecular weight is 293 g/mol. The monoisotopic (exact) mass is 293 g/mol. The van der Waals surface area contributed by atoms with Crippen molar-refractivity contribution in [2.24, 2.45) is 0 Å². The molecule has 7 nitrogen and oxygen atoms in total. The molecule has 2 aromatic heterocycles. The van der Waals surface area contributed by atoms with Gasteiger partial charge in [0.05, 0.1) is 5.56 Å². The molecule has 2 heterocycles. The average Bonchev–Trinajstić information content (AvgIpc) is 2.38. The first-order valence-corrected chi connectivity index (χ1v) is 7.02. The summed E-state index contributed by atoms with van der Waals surface area (Å²) in [5, 5.41) is 8.46. The fourth-order valence-corrected chi connectivity index (χ4v) is 2.39. The van der Waals surface area contributed by atoms with E-state index in [1.165, 1.54) is 12.1 Å². The lowest BCUT2D eigenvalue weighted by Gasteiger charge is -2.07. The second-order valence-corrected chi connectivity index (χ2v) is 5.59. The van der Waals surface area contributed by atoms with Crippen LogP contribution in [-0.4, -0.2) is 29.5 Å². The van der Waals surface area contributed by atoms with Crippen molar-refractivity contribution in [3.8, 4) is 0 Å². The first kappa shape index (κ1) is 13.9. The van der Waals surface area contributed by atoms with Crippen LogP contribution in [0.1, 0.15) is 16.1 Å². The molecule has 0 bridgehead atoms. The maximum absolute atomic E-state index is 12.0. The van der Waals surface area contributed by atoms with Crippen LogP contribution in [0.3, 0.4) is 0 Å². The summed E-state index contributed by atoms with van der Waals surface area (Å²) in [6.07, 6.45) is 0.987. The molecule has 104 valence electrons. The van der Waals surface area contributed by atoms with Gasteiger partial charge in [-0.05, 0) is 31.2 Å². The van der Waals surface area contributed by atoms with Crippen molar-refractivity contribution in [3.05, 3.63) is 47.8 Å². The molecule has 8 heteroatoms. The smallest absolute Gasteiger partial charge is 0.337 e. The first-order valence-electron chi connectivity index (χ1n) is 5.54. The maximum Gasteiger partial charge on any atom is 0.337 e. The Bertz CT molecular complexity index is 742. The van der Waals surface area contributed by atoms with Crippen molar-refractivity contribution >= 4 is 21.8 Å². The lowest BCUT2D eigenvalue weighted by atomic mass is 10.3. The number of hydrogen-bond donors (Lipinski definition) is 2. The summed E-state index contributed by atoms with van der Waals surface area (Å²) >= 11 is 0. The molecule has 0 aromatic carbocycles. The fourth-order valence-electron chi connectivity index (χ4n) is 1.46. The Hall–Kier alpha value is -2.48. The predicted molar refractivity (Wildman–Crippen MR) is 71.0 cm³/mol. The van der Waals surface area contributed by atoms with Gasteiger partial charge in [0.1, 0.15) is 5.82 Å². The maximum atomic E-state index is 12.0. The summed E-state index contributed by atoms with van der Waals surface area (Å²) in [4.78, 5) is 18.3. The Labute approximate surface area is 115 Å². The van der Waals surface area contributed by atoms with E-state index in [1.54, 1.807) is 19.1 Å². The zero-order valence-corrected chi connectivity index (χ0v) is 11.3. The van der Waals surface area contributed by atoms with E-state index in [1.807, 2.05) is 0 Å². The number of sulfonamides is 1. The molecule has 0 saturated carbocycles. The van der Waals surface area contributed by atoms with Crippen LogP contribution < -0.4 is 4.72 Å². The van der Waals surface area contributed by atoms with Gasteiger partial charge in [-0.25, -0.2) is 14.8 Å².